The predicted molar refractivity (Wildman–Crippen MR) is 194 cm³/mol. The molecule has 2 heterocycles. The molecule has 2 aliphatic rings. The first kappa shape index (κ1) is 33.4. The third-order valence-electron chi connectivity index (χ3n) is 8.59. The van der Waals surface area contributed by atoms with E-state index in [2.05, 4.69) is 73.6 Å². The van der Waals surface area contributed by atoms with Crippen molar-refractivity contribution in [2.45, 2.75) is 12.1 Å². The number of hydrogen-bond donors (Lipinski definition) is 7. The number of hydrogen-bond acceptors (Lipinski definition) is 9. The maximum absolute atomic E-state index is 6.29. The Hall–Kier alpha value is -3.54. The molecular formula is C36H43Cl2N7O2. The Bertz CT molecular complexity index is 1550. The van der Waals surface area contributed by atoms with Crippen LogP contribution in [0.15, 0.2) is 72.8 Å². The van der Waals surface area contributed by atoms with Crippen molar-refractivity contribution in [2.24, 2.45) is 0 Å². The molecule has 2 atom stereocenters. The summed E-state index contributed by atoms with van der Waals surface area (Å²) in [4.78, 5) is 0. The van der Waals surface area contributed by atoms with Gasteiger partial charge >= 0.3 is 0 Å². The van der Waals surface area contributed by atoms with E-state index in [0.717, 1.165) is 96.7 Å². The van der Waals surface area contributed by atoms with Gasteiger partial charge in [0.2, 0.25) is 0 Å². The van der Waals surface area contributed by atoms with Crippen molar-refractivity contribution in [1.29, 1.82) is 0 Å². The Morgan fingerprint density at radius 3 is 1.30 bits per heavy atom. The largest absolute Gasteiger partial charge is 0.497 e. The lowest BCUT2D eigenvalue weighted by Crippen LogP contribution is -2.38. The fraction of sp³-hybridized carbons (Fsp3) is 0.333. The Labute approximate surface area is 287 Å². The molecule has 0 aromatic heterocycles. The highest BCUT2D eigenvalue weighted by Crippen LogP contribution is 2.43. The molecule has 4 aromatic carbocycles. The quantitative estimate of drug-likeness (QED) is 0.0726. The zero-order valence-corrected chi connectivity index (χ0v) is 28.3. The van der Waals surface area contributed by atoms with Gasteiger partial charge in [0, 0.05) is 96.3 Å². The molecule has 6 rings (SSSR count). The lowest BCUT2D eigenvalue weighted by atomic mass is 9.91. The predicted octanol–water partition coefficient (Wildman–Crippen LogP) is 5.95. The summed E-state index contributed by atoms with van der Waals surface area (Å²) in [6, 6.07) is 24.4. The maximum atomic E-state index is 6.29. The minimum absolute atomic E-state index is 0.0506. The summed E-state index contributed by atoms with van der Waals surface area (Å²) in [5, 5.41) is 26.5. The Morgan fingerprint density at radius 2 is 0.894 bits per heavy atom. The van der Waals surface area contributed by atoms with Crippen LogP contribution in [0.3, 0.4) is 0 Å². The number of rotatable bonds is 16. The van der Waals surface area contributed by atoms with Crippen LogP contribution in [0.2, 0.25) is 10.0 Å². The summed E-state index contributed by atoms with van der Waals surface area (Å²) >= 11 is 12.6. The van der Waals surface area contributed by atoms with Gasteiger partial charge in [0.1, 0.15) is 11.5 Å². The van der Waals surface area contributed by atoms with Crippen molar-refractivity contribution in [3.05, 3.63) is 105 Å². The first-order chi connectivity index (χ1) is 23.0. The van der Waals surface area contributed by atoms with E-state index in [9.17, 15) is 0 Å². The number of benzene rings is 4. The number of ether oxygens (including phenoxy) is 2. The van der Waals surface area contributed by atoms with Crippen LogP contribution >= 0.6 is 23.2 Å². The van der Waals surface area contributed by atoms with Gasteiger partial charge in [0.15, 0.2) is 0 Å². The molecule has 7 N–H and O–H groups in total. The van der Waals surface area contributed by atoms with Crippen molar-refractivity contribution in [3.63, 3.8) is 0 Å². The lowest BCUT2D eigenvalue weighted by molar-refractivity contribution is 0.413. The van der Waals surface area contributed by atoms with E-state index in [1.165, 1.54) is 22.3 Å². The Morgan fingerprint density at radius 1 is 0.489 bits per heavy atom. The highest BCUT2D eigenvalue weighted by Gasteiger charge is 2.27. The van der Waals surface area contributed by atoms with Gasteiger partial charge in [-0.25, -0.2) is 0 Å². The molecule has 0 aliphatic carbocycles. The topological polar surface area (TPSA) is 103 Å². The van der Waals surface area contributed by atoms with Crippen molar-refractivity contribution >= 4 is 46.0 Å². The zero-order valence-electron chi connectivity index (χ0n) is 26.8. The van der Waals surface area contributed by atoms with E-state index >= 15 is 0 Å². The normalized spacial score (nSPS) is 15.8. The average molecular weight is 677 g/mol. The first-order valence-corrected chi connectivity index (χ1v) is 16.9. The van der Waals surface area contributed by atoms with Gasteiger partial charge in [-0.2, -0.15) is 0 Å². The van der Waals surface area contributed by atoms with Crippen LogP contribution in [0.4, 0.5) is 22.7 Å². The molecule has 0 fully saturated rings. The fourth-order valence-electron chi connectivity index (χ4n) is 6.22. The second-order valence-electron chi connectivity index (χ2n) is 11.6. The first-order valence-electron chi connectivity index (χ1n) is 16.1. The summed E-state index contributed by atoms with van der Waals surface area (Å²) in [5.41, 5.74) is 8.87. The Balaban J connectivity index is 0.876. The summed E-state index contributed by atoms with van der Waals surface area (Å²) in [7, 11) is 3.40. The number of anilines is 4. The highest BCUT2D eigenvalue weighted by molar-refractivity contribution is 6.31. The minimum Gasteiger partial charge on any atom is -0.497 e. The molecule has 4 aromatic rings. The molecule has 11 heteroatoms. The Kier molecular flexibility index (Phi) is 11.4. The van der Waals surface area contributed by atoms with Crippen LogP contribution in [0.1, 0.15) is 34.3 Å². The fourth-order valence-corrected chi connectivity index (χ4v) is 6.57. The van der Waals surface area contributed by atoms with E-state index in [1.807, 2.05) is 36.4 Å². The monoisotopic (exact) mass is 675 g/mol. The van der Waals surface area contributed by atoms with Gasteiger partial charge in [-0.3, -0.25) is 0 Å². The molecule has 0 spiro atoms. The number of methoxy groups -OCH3 is 2. The molecule has 9 nitrogen and oxygen atoms in total. The van der Waals surface area contributed by atoms with Crippen molar-refractivity contribution in [3.8, 4) is 11.5 Å². The summed E-state index contributed by atoms with van der Waals surface area (Å²) in [6.07, 6.45) is 0. The lowest BCUT2D eigenvalue weighted by Gasteiger charge is -2.30. The van der Waals surface area contributed by atoms with Gasteiger partial charge < -0.3 is 46.7 Å². The van der Waals surface area contributed by atoms with Crippen molar-refractivity contribution in [1.82, 2.24) is 26.6 Å². The van der Waals surface area contributed by atoms with Crippen LogP contribution in [0.5, 0.6) is 11.5 Å². The molecular weight excluding hydrogens is 633 g/mol. The van der Waals surface area contributed by atoms with Gasteiger partial charge in [-0.1, -0.05) is 35.3 Å². The average Bonchev–Trinajstić information content (AvgIpc) is 3.08. The molecule has 0 radical (unpaired) electrons. The van der Waals surface area contributed by atoms with E-state index < -0.39 is 0 Å². The number of fused-ring (bicyclic) bond motifs is 4. The van der Waals surface area contributed by atoms with E-state index in [4.69, 9.17) is 32.7 Å². The van der Waals surface area contributed by atoms with Gasteiger partial charge in [0.05, 0.1) is 26.3 Å². The number of halogens is 2. The van der Waals surface area contributed by atoms with Crippen LogP contribution in [-0.4, -0.2) is 66.6 Å². The van der Waals surface area contributed by atoms with Crippen LogP contribution < -0.4 is 46.7 Å². The molecule has 0 bridgehead atoms. The third kappa shape index (κ3) is 8.13. The van der Waals surface area contributed by atoms with Crippen LogP contribution in [0.25, 0.3) is 0 Å². The van der Waals surface area contributed by atoms with Gasteiger partial charge in [-0.15, -0.1) is 0 Å². The molecule has 0 saturated heterocycles. The van der Waals surface area contributed by atoms with Crippen molar-refractivity contribution < 1.29 is 9.47 Å². The molecule has 2 aliphatic heterocycles. The third-order valence-corrected chi connectivity index (χ3v) is 9.06. The van der Waals surface area contributed by atoms with E-state index in [1.54, 1.807) is 14.2 Å². The molecule has 0 unspecified atom stereocenters. The molecule has 47 heavy (non-hydrogen) atoms. The smallest absolute Gasteiger partial charge is 0.119 e. The van der Waals surface area contributed by atoms with E-state index in [-0.39, 0.29) is 12.1 Å². The summed E-state index contributed by atoms with van der Waals surface area (Å²) in [5.74, 6) is 1.68. The van der Waals surface area contributed by atoms with Crippen LogP contribution in [-0.2, 0) is 0 Å². The minimum atomic E-state index is 0.0506. The second kappa shape index (κ2) is 16.0. The second-order valence-corrected chi connectivity index (χ2v) is 12.5. The van der Waals surface area contributed by atoms with Gasteiger partial charge in [-0.05, 0) is 71.8 Å². The number of nitrogens with one attached hydrogen (secondary N) is 7. The van der Waals surface area contributed by atoms with Crippen molar-refractivity contribution in [2.75, 3.05) is 77.2 Å². The zero-order chi connectivity index (χ0) is 32.6. The molecule has 0 saturated carbocycles. The highest BCUT2D eigenvalue weighted by atomic mass is 35.5. The SMILES string of the molecule is COc1ccc2c(c1)[C@H](NCCNCCNCCNCCN[C@H]1c3ccc(Cl)cc3Nc3ccc(OC)cc31)c1ccc(Cl)cc1N2. The maximum Gasteiger partial charge on any atom is 0.119 e. The molecule has 248 valence electrons. The van der Waals surface area contributed by atoms with Crippen LogP contribution in [0, 0.1) is 0 Å². The standard InChI is InChI=1S/C36H43Cl2N7O2/c1-46-25-5-9-31-29(21-25)35(27-7-3-23(37)19-33(27)44-31)42-17-15-40-13-11-39-12-14-41-16-18-43-36-28-8-4-24(38)20-34(28)45-32-10-6-26(47-2)22-30(32)36/h3-10,19-22,35-36,39-45H,11-18H2,1-2H3/t35-,36+. The summed E-state index contributed by atoms with van der Waals surface area (Å²) in [6.45, 7) is 6.97. The van der Waals surface area contributed by atoms with Gasteiger partial charge in [0.25, 0.3) is 0 Å². The summed E-state index contributed by atoms with van der Waals surface area (Å²) < 4.78 is 11.0. The molecule has 0 amide bonds. The van der Waals surface area contributed by atoms with E-state index in [0.29, 0.717) is 0 Å².